The zero-order valence-electron chi connectivity index (χ0n) is 12.5. The lowest BCUT2D eigenvalue weighted by molar-refractivity contribution is 0.380. The SMILES string of the molecule is CCCc1nccnc1NS(=O)(=O)c1cc(F)c(OC)cc1F. The van der Waals surface area contributed by atoms with Gasteiger partial charge in [0.25, 0.3) is 10.0 Å². The minimum absolute atomic E-state index is 0.00928. The average Bonchev–Trinajstić information content (AvgIpc) is 2.51. The smallest absolute Gasteiger partial charge is 0.266 e. The Hall–Kier alpha value is -2.29. The number of nitrogens with zero attached hydrogens (tertiary/aromatic N) is 2. The van der Waals surface area contributed by atoms with Crippen LogP contribution >= 0.6 is 0 Å². The van der Waals surface area contributed by atoms with Crippen LogP contribution in [0.5, 0.6) is 5.75 Å². The minimum atomic E-state index is -4.36. The Labute approximate surface area is 132 Å². The molecule has 0 aliphatic heterocycles. The summed E-state index contributed by atoms with van der Waals surface area (Å²) in [5, 5.41) is 0. The van der Waals surface area contributed by atoms with Crippen LogP contribution in [0.25, 0.3) is 0 Å². The van der Waals surface area contributed by atoms with Gasteiger partial charge in [-0.25, -0.2) is 22.2 Å². The van der Waals surface area contributed by atoms with Crippen molar-refractivity contribution in [1.82, 2.24) is 9.97 Å². The van der Waals surface area contributed by atoms with Gasteiger partial charge in [0.2, 0.25) is 0 Å². The van der Waals surface area contributed by atoms with E-state index in [0.717, 1.165) is 13.5 Å². The van der Waals surface area contributed by atoms with E-state index in [0.29, 0.717) is 24.2 Å². The van der Waals surface area contributed by atoms with Crippen molar-refractivity contribution in [2.75, 3.05) is 11.8 Å². The molecule has 2 aromatic rings. The van der Waals surface area contributed by atoms with Gasteiger partial charge in [-0.1, -0.05) is 13.3 Å². The highest BCUT2D eigenvalue weighted by molar-refractivity contribution is 7.92. The normalized spacial score (nSPS) is 11.3. The molecule has 0 atom stereocenters. The Balaban J connectivity index is 2.42. The van der Waals surface area contributed by atoms with E-state index in [2.05, 4.69) is 19.4 Å². The highest BCUT2D eigenvalue weighted by Crippen LogP contribution is 2.26. The summed E-state index contributed by atoms with van der Waals surface area (Å²) in [4.78, 5) is 7.11. The summed E-state index contributed by atoms with van der Waals surface area (Å²) in [5.74, 6) is -2.50. The number of sulfonamides is 1. The molecule has 0 unspecified atom stereocenters. The van der Waals surface area contributed by atoms with E-state index >= 15 is 0 Å². The topological polar surface area (TPSA) is 81.2 Å². The number of halogens is 2. The lowest BCUT2D eigenvalue weighted by Gasteiger charge is -2.12. The van der Waals surface area contributed by atoms with E-state index in [1.54, 1.807) is 0 Å². The van der Waals surface area contributed by atoms with Crippen molar-refractivity contribution in [2.45, 2.75) is 24.7 Å². The second-order valence-electron chi connectivity index (χ2n) is 4.62. The number of anilines is 1. The summed E-state index contributed by atoms with van der Waals surface area (Å²) in [6.07, 6.45) is 3.95. The van der Waals surface area contributed by atoms with Gasteiger partial charge in [0.05, 0.1) is 12.8 Å². The zero-order chi connectivity index (χ0) is 17.0. The molecule has 23 heavy (non-hydrogen) atoms. The van der Waals surface area contributed by atoms with Crippen molar-refractivity contribution in [3.8, 4) is 5.75 Å². The van der Waals surface area contributed by atoms with Crippen LogP contribution in [0.2, 0.25) is 0 Å². The highest BCUT2D eigenvalue weighted by Gasteiger charge is 2.24. The summed E-state index contributed by atoms with van der Waals surface area (Å²) in [5.41, 5.74) is 0.424. The monoisotopic (exact) mass is 343 g/mol. The third kappa shape index (κ3) is 3.73. The van der Waals surface area contributed by atoms with Crippen LogP contribution in [-0.4, -0.2) is 25.5 Å². The maximum atomic E-state index is 14.0. The minimum Gasteiger partial charge on any atom is -0.494 e. The third-order valence-electron chi connectivity index (χ3n) is 2.99. The maximum absolute atomic E-state index is 14.0. The number of ether oxygens (including phenoxy) is 1. The van der Waals surface area contributed by atoms with Crippen LogP contribution in [0.1, 0.15) is 19.0 Å². The predicted molar refractivity (Wildman–Crippen MR) is 79.7 cm³/mol. The molecule has 2 rings (SSSR count). The molecule has 0 bridgehead atoms. The van der Waals surface area contributed by atoms with Gasteiger partial charge in [0.15, 0.2) is 17.4 Å². The Morgan fingerprint density at radius 1 is 1.17 bits per heavy atom. The summed E-state index contributed by atoms with van der Waals surface area (Å²) in [6.45, 7) is 1.89. The summed E-state index contributed by atoms with van der Waals surface area (Å²) in [6, 6.07) is 1.24. The lowest BCUT2D eigenvalue weighted by atomic mass is 10.2. The third-order valence-corrected chi connectivity index (χ3v) is 4.34. The molecule has 1 aromatic carbocycles. The number of hydrogen-bond acceptors (Lipinski definition) is 5. The van der Waals surface area contributed by atoms with Crippen molar-refractivity contribution in [1.29, 1.82) is 0 Å². The van der Waals surface area contributed by atoms with Crippen molar-refractivity contribution < 1.29 is 21.9 Å². The first-order valence-corrected chi connectivity index (χ1v) is 8.23. The number of hydrogen-bond donors (Lipinski definition) is 1. The molecule has 0 fully saturated rings. The van der Waals surface area contributed by atoms with Crippen LogP contribution in [0.15, 0.2) is 29.4 Å². The molecular formula is C14H15F2N3O3S. The molecule has 0 aliphatic rings. The first-order valence-electron chi connectivity index (χ1n) is 6.74. The standard InChI is InChI=1S/C14H15F2N3O3S/c1-3-4-11-14(18-6-5-17-11)19-23(20,21)13-8-9(15)12(22-2)7-10(13)16/h5-8H,3-4H2,1-2H3,(H,18,19). The molecule has 0 radical (unpaired) electrons. The fraction of sp³-hybridized carbons (Fsp3) is 0.286. The number of rotatable bonds is 6. The van der Waals surface area contributed by atoms with Gasteiger partial charge >= 0.3 is 0 Å². The predicted octanol–water partition coefficient (Wildman–Crippen LogP) is 2.52. The molecule has 0 aliphatic carbocycles. The van der Waals surface area contributed by atoms with E-state index in [9.17, 15) is 17.2 Å². The summed E-state index contributed by atoms with van der Waals surface area (Å²) in [7, 11) is -3.20. The molecule has 9 heteroatoms. The number of nitrogens with one attached hydrogen (secondary N) is 1. The van der Waals surface area contributed by atoms with Gasteiger partial charge in [-0.3, -0.25) is 9.71 Å². The van der Waals surface area contributed by atoms with Crippen LogP contribution in [0.4, 0.5) is 14.6 Å². The summed E-state index contributed by atoms with van der Waals surface area (Å²) < 4.78 is 59.0. The Morgan fingerprint density at radius 3 is 2.52 bits per heavy atom. The maximum Gasteiger partial charge on any atom is 0.266 e. The second kappa shape index (κ2) is 6.86. The quantitative estimate of drug-likeness (QED) is 0.872. The van der Waals surface area contributed by atoms with Crippen molar-refractivity contribution in [2.24, 2.45) is 0 Å². The Kier molecular flexibility index (Phi) is 5.09. The molecule has 1 N–H and O–H groups in total. The van der Waals surface area contributed by atoms with Crippen molar-refractivity contribution in [3.05, 3.63) is 41.9 Å². The molecule has 124 valence electrons. The second-order valence-corrected chi connectivity index (χ2v) is 6.28. The van der Waals surface area contributed by atoms with E-state index < -0.39 is 26.6 Å². The fourth-order valence-electron chi connectivity index (χ4n) is 1.93. The molecule has 0 spiro atoms. The number of methoxy groups -OCH3 is 1. The van der Waals surface area contributed by atoms with Crippen molar-refractivity contribution >= 4 is 15.8 Å². The average molecular weight is 343 g/mol. The fourth-order valence-corrected chi connectivity index (χ4v) is 3.04. The molecule has 0 amide bonds. The Bertz CT molecular complexity index is 813. The van der Waals surface area contributed by atoms with Crippen LogP contribution in [-0.2, 0) is 16.4 Å². The number of aryl methyl sites for hydroxylation is 1. The van der Waals surface area contributed by atoms with E-state index in [1.165, 1.54) is 12.4 Å². The van der Waals surface area contributed by atoms with Gasteiger partial charge in [0, 0.05) is 24.5 Å². The number of benzene rings is 1. The van der Waals surface area contributed by atoms with Crippen LogP contribution < -0.4 is 9.46 Å². The number of aromatic nitrogens is 2. The van der Waals surface area contributed by atoms with Gasteiger partial charge in [-0.2, -0.15) is 0 Å². The molecule has 1 heterocycles. The first-order chi connectivity index (χ1) is 10.9. The molecule has 0 saturated heterocycles. The molecular weight excluding hydrogens is 328 g/mol. The van der Waals surface area contributed by atoms with Gasteiger partial charge in [-0.05, 0) is 6.42 Å². The highest BCUT2D eigenvalue weighted by atomic mass is 32.2. The Morgan fingerprint density at radius 2 is 1.87 bits per heavy atom. The van der Waals surface area contributed by atoms with Crippen LogP contribution in [0.3, 0.4) is 0 Å². The molecule has 0 saturated carbocycles. The van der Waals surface area contributed by atoms with E-state index in [1.807, 2.05) is 6.92 Å². The summed E-state index contributed by atoms with van der Waals surface area (Å²) >= 11 is 0. The largest absolute Gasteiger partial charge is 0.494 e. The van der Waals surface area contributed by atoms with E-state index in [4.69, 9.17) is 0 Å². The lowest BCUT2D eigenvalue weighted by Crippen LogP contribution is -2.17. The van der Waals surface area contributed by atoms with Gasteiger partial charge in [-0.15, -0.1) is 0 Å². The van der Waals surface area contributed by atoms with Crippen molar-refractivity contribution in [3.63, 3.8) is 0 Å². The van der Waals surface area contributed by atoms with Gasteiger partial charge < -0.3 is 4.74 Å². The zero-order valence-corrected chi connectivity index (χ0v) is 13.3. The van der Waals surface area contributed by atoms with E-state index in [-0.39, 0.29) is 11.6 Å². The molecule has 6 nitrogen and oxygen atoms in total. The van der Waals surface area contributed by atoms with Gasteiger partial charge in [0.1, 0.15) is 10.7 Å². The first kappa shape index (κ1) is 17.1. The molecule has 1 aromatic heterocycles. The van der Waals surface area contributed by atoms with Crippen LogP contribution in [0, 0.1) is 11.6 Å².